The number of amides is 1. The number of alkyl halides is 3. The summed E-state index contributed by atoms with van der Waals surface area (Å²) in [5.74, 6) is 2.11. The van der Waals surface area contributed by atoms with Crippen molar-refractivity contribution in [2.45, 2.75) is 86.5 Å². The Morgan fingerprint density at radius 1 is 0.952 bits per heavy atom. The number of pyridine rings is 1. The number of carbonyl (C=O) groups excluding carboxylic acids is 1. The van der Waals surface area contributed by atoms with Crippen molar-refractivity contribution >= 4 is 60.2 Å². The van der Waals surface area contributed by atoms with Gasteiger partial charge < -0.3 is 14.2 Å². The summed E-state index contributed by atoms with van der Waals surface area (Å²) in [6, 6.07) is 0.604. The van der Waals surface area contributed by atoms with Crippen molar-refractivity contribution in [1.82, 2.24) is 39.5 Å². The monoisotopic (exact) mass is 942 g/mol. The topological polar surface area (TPSA) is 136 Å². The summed E-state index contributed by atoms with van der Waals surface area (Å²) in [6.07, 6.45) is 4.73. The van der Waals surface area contributed by atoms with Crippen molar-refractivity contribution in [1.29, 1.82) is 0 Å². The Hall–Kier alpha value is -3.22. The van der Waals surface area contributed by atoms with E-state index in [1.165, 1.54) is 28.9 Å². The van der Waals surface area contributed by atoms with Crippen LogP contribution in [0.15, 0.2) is 36.0 Å². The Balaban J connectivity index is 0.000000290. The van der Waals surface area contributed by atoms with Crippen molar-refractivity contribution in [2.24, 2.45) is 10.9 Å². The molecule has 2 aliphatic rings. The fourth-order valence-electron chi connectivity index (χ4n) is 5.77. The first-order chi connectivity index (χ1) is 30.2. The van der Waals surface area contributed by atoms with Gasteiger partial charge in [-0.3, -0.25) is 24.5 Å². The van der Waals surface area contributed by atoms with Gasteiger partial charge >= 0.3 is 6.18 Å². The summed E-state index contributed by atoms with van der Waals surface area (Å²) >= 11 is 6.91. The zero-order valence-corrected chi connectivity index (χ0v) is 40.7. The fourth-order valence-corrected chi connectivity index (χ4v) is 7.22. The van der Waals surface area contributed by atoms with E-state index in [0.717, 1.165) is 100 Å². The van der Waals surface area contributed by atoms with Crippen LogP contribution in [-0.2, 0) is 26.9 Å². The lowest BCUT2D eigenvalue weighted by Crippen LogP contribution is -2.43. The molecule has 0 bridgehead atoms. The van der Waals surface area contributed by atoms with Gasteiger partial charge in [-0.1, -0.05) is 61.2 Å². The second-order valence-electron chi connectivity index (χ2n) is 15.2. The highest BCUT2D eigenvalue weighted by atomic mass is 35.5. The normalized spacial score (nSPS) is 15.5. The third kappa shape index (κ3) is 19.0. The number of aromatic nitrogens is 6. The number of hydrogen-bond donors (Lipinski definition) is 0. The van der Waals surface area contributed by atoms with Crippen LogP contribution in [0.25, 0.3) is 11.0 Å². The third-order valence-corrected chi connectivity index (χ3v) is 11.7. The van der Waals surface area contributed by atoms with Crippen LogP contribution in [0.5, 0.6) is 0 Å². The Morgan fingerprint density at radius 2 is 1.57 bits per heavy atom. The summed E-state index contributed by atoms with van der Waals surface area (Å²) in [7, 11) is 0.555. The zero-order valence-electron chi connectivity index (χ0n) is 38.2. The van der Waals surface area contributed by atoms with Crippen LogP contribution < -0.4 is 4.90 Å². The molecule has 0 spiro atoms. The average Bonchev–Trinajstić information content (AvgIpc) is 3.96. The molecule has 2 fully saturated rings. The van der Waals surface area contributed by atoms with Crippen LogP contribution in [0, 0.1) is 12.8 Å². The van der Waals surface area contributed by atoms with E-state index >= 15 is 0 Å². The van der Waals surface area contributed by atoms with Gasteiger partial charge in [0.25, 0.3) is 5.91 Å². The van der Waals surface area contributed by atoms with Crippen LogP contribution in [0.3, 0.4) is 0 Å². The van der Waals surface area contributed by atoms with Crippen molar-refractivity contribution in [3.8, 4) is 0 Å². The molecule has 4 aromatic rings. The van der Waals surface area contributed by atoms with E-state index in [1.54, 1.807) is 12.3 Å². The molecule has 2 saturated heterocycles. The van der Waals surface area contributed by atoms with Crippen LogP contribution in [0.2, 0.25) is 5.02 Å². The summed E-state index contributed by atoms with van der Waals surface area (Å²) in [4.78, 5) is 40.6. The SMILES string of the molecule is CCC(C)C.CCCOCCC.CPC=NC(C)c1ncc(C(=O)N(CCN2CCOCC2)c2cc(C(F)(F)F)c(Cl)cn2)s1.Cc1ncnc2c1cnn2CCN1CCOCC1. The second-order valence-corrected chi connectivity index (χ2v) is 17.5. The van der Waals surface area contributed by atoms with E-state index in [1.807, 2.05) is 31.4 Å². The number of rotatable bonds is 16. The molecule has 352 valence electrons. The average molecular weight is 944 g/mol. The molecule has 2 aliphatic heterocycles. The number of aliphatic imine (C=N–C) groups is 1. The summed E-state index contributed by atoms with van der Waals surface area (Å²) in [6.45, 7) is 27.2. The third-order valence-electron chi connectivity index (χ3n) is 9.81. The summed E-state index contributed by atoms with van der Waals surface area (Å²) in [5, 5.41) is 5.57. The molecule has 4 aromatic heterocycles. The molecular formula is C43H67ClF3N10O4PS. The maximum Gasteiger partial charge on any atom is 0.418 e. The molecule has 6 rings (SSSR count). The van der Waals surface area contributed by atoms with E-state index < -0.39 is 22.7 Å². The number of fused-ring (bicyclic) bond motifs is 1. The van der Waals surface area contributed by atoms with Crippen LogP contribution in [0.4, 0.5) is 19.0 Å². The van der Waals surface area contributed by atoms with Gasteiger partial charge in [-0.15, -0.1) is 11.3 Å². The van der Waals surface area contributed by atoms with Crippen molar-refractivity contribution in [3.63, 3.8) is 0 Å². The minimum atomic E-state index is -4.67. The fraction of sp³-hybridized carbons (Fsp3) is 0.651. The maximum absolute atomic E-state index is 13.4. The van der Waals surface area contributed by atoms with Gasteiger partial charge in [-0.2, -0.15) is 18.3 Å². The molecule has 0 saturated carbocycles. The van der Waals surface area contributed by atoms with Crippen molar-refractivity contribution < 1.29 is 32.2 Å². The first-order valence-corrected chi connectivity index (χ1v) is 24.5. The Kier molecular flexibility index (Phi) is 25.2. The van der Waals surface area contributed by atoms with Gasteiger partial charge in [0, 0.05) is 71.2 Å². The van der Waals surface area contributed by atoms with E-state index in [4.69, 9.17) is 25.8 Å². The molecule has 0 aromatic carbocycles. The predicted molar refractivity (Wildman–Crippen MR) is 250 cm³/mol. The van der Waals surface area contributed by atoms with Crippen molar-refractivity contribution in [2.75, 3.05) is 97.0 Å². The van der Waals surface area contributed by atoms with Gasteiger partial charge in [0.15, 0.2) is 5.65 Å². The number of carbonyl (C=O) groups is 1. The first-order valence-electron chi connectivity index (χ1n) is 21.7. The lowest BCUT2D eigenvalue weighted by atomic mass is 10.2. The molecule has 1 amide bonds. The lowest BCUT2D eigenvalue weighted by Gasteiger charge is -2.29. The van der Waals surface area contributed by atoms with Crippen molar-refractivity contribution in [3.05, 3.63) is 57.1 Å². The molecular weight excluding hydrogens is 876 g/mol. The van der Waals surface area contributed by atoms with Crippen LogP contribution >= 0.6 is 31.5 Å². The number of anilines is 1. The molecule has 20 heteroatoms. The van der Waals surface area contributed by atoms with Gasteiger partial charge in [-0.05, 0) is 45.3 Å². The zero-order chi connectivity index (χ0) is 46.2. The van der Waals surface area contributed by atoms with E-state index in [-0.39, 0.29) is 18.4 Å². The van der Waals surface area contributed by atoms with E-state index in [2.05, 4.69) is 74.4 Å². The van der Waals surface area contributed by atoms with Crippen LogP contribution in [0.1, 0.15) is 92.8 Å². The summed E-state index contributed by atoms with van der Waals surface area (Å²) in [5.41, 5.74) is 0.875. The van der Waals surface area contributed by atoms with Gasteiger partial charge in [0.2, 0.25) is 0 Å². The number of ether oxygens (including phenoxy) is 3. The standard InChI is InChI=1S/C20H24ClF3N5O2PS.C12H17N5O.C6H14O.C5H12/c1-13(27-12-32-2)18-26-11-16(33-18)19(30)29(4-3-28-5-7-31-8-6-28)17-9-14(20(22,23)24)15(21)10-25-17;1-10-11-8-15-17(12(11)14-9-13-10)3-2-16-4-6-18-7-5-16;1-3-5-7-6-4-2;1-4-5(2)3/h9-13,32H,3-8H2,1-2H3;8-9H,2-7H2,1H3;3-6H2,1-2H3;5H,4H2,1-3H3. The predicted octanol–water partition coefficient (Wildman–Crippen LogP) is 8.93. The highest BCUT2D eigenvalue weighted by Gasteiger charge is 2.35. The second kappa shape index (κ2) is 29.3. The Bertz CT molecular complexity index is 1920. The Labute approximate surface area is 382 Å². The van der Waals surface area contributed by atoms with E-state index in [9.17, 15) is 18.0 Å². The number of thiazole rings is 1. The van der Waals surface area contributed by atoms with Gasteiger partial charge in [0.05, 0.1) is 73.1 Å². The Morgan fingerprint density at radius 3 is 2.14 bits per heavy atom. The van der Waals surface area contributed by atoms with Gasteiger partial charge in [-0.25, -0.2) is 24.6 Å². The minimum absolute atomic E-state index is 0.113. The molecule has 2 atom stereocenters. The molecule has 2 unspecified atom stereocenters. The molecule has 0 aliphatic carbocycles. The lowest BCUT2D eigenvalue weighted by molar-refractivity contribution is -0.137. The molecule has 63 heavy (non-hydrogen) atoms. The van der Waals surface area contributed by atoms with E-state index in [0.29, 0.717) is 51.3 Å². The number of hydrogen-bond acceptors (Lipinski definition) is 13. The molecule has 14 nitrogen and oxygen atoms in total. The highest BCUT2D eigenvalue weighted by Crippen LogP contribution is 2.36. The first kappa shape index (κ1) is 54.1. The smallest absolute Gasteiger partial charge is 0.381 e. The number of nitrogens with zero attached hydrogens (tertiary/aromatic N) is 10. The molecule has 0 N–H and O–H groups in total. The van der Waals surface area contributed by atoms with Crippen LogP contribution in [-0.4, -0.2) is 143 Å². The molecule has 0 radical (unpaired) electrons. The molecule has 6 heterocycles. The number of aryl methyl sites for hydroxylation is 1. The number of halogens is 4. The summed E-state index contributed by atoms with van der Waals surface area (Å²) < 4.78 is 58.0. The van der Waals surface area contributed by atoms with Gasteiger partial charge in [0.1, 0.15) is 22.0 Å². The largest absolute Gasteiger partial charge is 0.418 e. The number of morpholine rings is 2. The minimum Gasteiger partial charge on any atom is -0.381 e. The highest BCUT2D eigenvalue weighted by molar-refractivity contribution is 7.54. The maximum atomic E-state index is 13.4. The quantitative estimate of drug-likeness (QED) is 0.0605.